The van der Waals surface area contributed by atoms with Crippen LogP contribution >= 0.6 is 0 Å². The van der Waals surface area contributed by atoms with Crippen molar-refractivity contribution in [3.63, 3.8) is 0 Å². The van der Waals surface area contributed by atoms with Crippen LogP contribution in [0.2, 0.25) is 0 Å². The van der Waals surface area contributed by atoms with E-state index in [2.05, 4.69) is 17.1 Å². The Kier molecular flexibility index (Phi) is 6.09. The Morgan fingerprint density at radius 1 is 1.15 bits per heavy atom. The second-order valence-corrected chi connectivity index (χ2v) is 9.10. The Morgan fingerprint density at radius 3 is 2.42 bits per heavy atom. The first-order valence-corrected chi connectivity index (χ1v) is 10.9. The molecule has 0 bridgehead atoms. The first kappa shape index (κ1) is 19.0. The molecule has 26 heavy (non-hydrogen) atoms. The highest BCUT2D eigenvalue weighted by Crippen LogP contribution is 2.26. The van der Waals surface area contributed by atoms with E-state index < -0.39 is 10.0 Å². The van der Waals surface area contributed by atoms with E-state index in [9.17, 15) is 8.42 Å². The fraction of sp³-hybridized carbons (Fsp3) is 0.579. The number of hydrogen-bond donors (Lipinski definition) is 0. The van der Waals surface area contributed by atoms with Crippen molar-refractivity contribution in [2.75, 3.05) is 13.1 Å². The zero-order valence-corrected chi connectivity index (χ0v) is 16.5. The summed E-state index contributed by atoms with van der Waals surface area (Å²) in [6.45, 7) is 3.30. The quantitative estimate of drug-likeness (QED) is 0.745. The van der Waals surface area contributed by atoms with Gasteiger partial charge in [-0.1, -0.05) is 25.5 Å². The third-order valence-electron chi connectivity index (χ3n) is 5.23. The molecular weight excluding hydrogens is 348 g/mol. The maximum absolute atomic E-state index is 12.9. The number of aryl methyl sites for hydroxylation is 2. The molecule has 0 atom stereocenters. The molecule has 1 aromatic carbocycles. The topological polar surface area (TPSA) is 68.1 Å². The van der Waals surface area contributed by atoms with E-state index in [1.165, 1.54) is 5.56 Å². The molecule has 0 spiro atoms. The van der Waals surface area contributed by atoms with Crippen molar-refractivity contribution in [3.8, 4) is 0 Å². The largest absolute Gasteiger partial charge is 0.321 e. The zero-order chi connectivity index (χ0) is 18.6. The number of benzene rings is 1. The molecule has 0 amide bonds. The van der Waals surface area contributed by atoms with Crippen molar-refractivity contribution >= 4 is 10.0 Å². The minimum absolute atomic E-state index is 0.407. The summed E-state index contributed by atoms with van der Waals surface area (Å²) in [6, 6.07) is 7.41. The summed E-state index contributed by atoms with van der Waals surface area (Å²) in [4.78, 5) is 0.407. The molecule has 0 aliphatic carbocycles. The predicted molar refractivity (Wildman–Crippen MR) is 101 cm³/mol. The fourth-order valence-corrected chi connectivity index (χ4v) is 4.93. The van der Waals surface area contributed by atoms with Gasteiger partial charge in [-0.3, -0.25) is 0 Å². The summed E-state index contributed by atoms with van der Waals surface area (Å²) >= 11 is 0. The van der Waals surface area contributed by atoms with Crippen LogP contribution in [0.4, 0.5) is 0 Å². The molecule has 3 rings (SSSR count). The predicted octanol–water partition coefficient (Wildman–Crippen LogP) is 2.80. The number of rotatable bonds is 7. The van der Waals surface area contributed by atoms with Crippen LogP contribution in [0, 0.1) is 5.92 Å². The smallest absolute Gasteiger partial charge is 0.243 e. The number of aromatic nitrogens is 3. The van der Waals surface area contributed by atoms with Crippen LogP contribution in [0.3, 0.4) is 0 Å². The van der Waals surface area contributed by atoms with Gasteiger partial charge in [0.2, 0.25) is 10.0 Å². The Balaban J connectivity index is 1.59. The molecule has 1 aliphatic rings. The summed E-state index contributed by atoms with van der Waals surface area (Å²) < 4.78 is 29.3. The Labute approximate surface area is 156 Å². The molecule has 1 aromatic heterocycles. The Morgan fingerprint density at radius 2 is 1.85 bits per heavy atom. The molecule has 2 heterocycles. The first-order chi connectivity index (χ1) is 12.5. The summed E-state index contributed by atoms with van der Waals surface area (Å²) in [5.74, 6) is 1.43. The van der Waals surface area contributed by atoms with E-state index in [1.54, 1.807) is 22.8 Å². The molecule has 0 radical (unpaired) electrons. The van der Waals surface area contributed by atoms with Crippen molar-refractivity contribution in [3.05, 3.63) is 42.0 Å². The second-order valence-electron chi connectivity index (χ2n) is 7.16. The van der Waals surface area contributed by atoms with E-state index >= 15 is 0 Å². The lowest BCUT2D eigenvalue weighted by atomic mass is 9.94. The Hall–Kier alpha value is -1.73. The van der Waals surface area contributed by atoms with Crippen LogP contribution in [0.25, 0.3) is 0 Å². The number of piperidine rings is 1. The molecular formula is C19H28N4O2S. The molecule has 1 fully saturated rings. The zero-order valence-electron chi connectivity index (χ0n) is 15.6. The van der Waals surface area contributed by atoms with Crippen molar-refractivity contribution < 1.29 is 8.42 Å². The van der Waals surface area contributed by atoms with Gasteiger partial charge in [-0.15, -0.1) is 10.2 Å². The van der Waals surface area contributed by atoms with Gasteiger partial charge in [0.15, 0.2) is 0 Å². The monoisotopic (exact) mass is 376 g/mol. The average molecular weight is 377 g/mol. The van der Waals surface area contributed by atoms with Gasteiger partial charge in [0.1, 0.15) is 12.2 Å². The minimum Gasteiger partial charge on any atom is -0.321 e. The molecule has 0 saturated carbocycles. The maximum atomic E-state index is 12.9. The van der Waals surface area contributed by atoms with Gasteiger partial charge in [-0.05, 0) is 49.3 Å². The minimum atomic E-state index is -3.39. The van der Waals surface area contributed by atoms with E-state index in [0.717, 1.165) is 44.3 Å². The van der Waals surface area contributed by atoms with E-state index in [4.69, 9.17) is 0 Å². The van der Waals surface area contributed by atoms with Gasteiger partial charge >= 0.3 is 0 Å². The average Bonchev–Trinajstić information content (AvgIpc) is 3.05. The third-order valence-corrected chi connectivity index (χ3v) is 7.14. The van der Waals surface area contributed by atoms with Gasteiger partial charge in [0.05, 0.1) is 4.90 Å². The Bertz CT molecular complexity index is 806. The van der Waals surface area contributed by atoms with E-state index in [-0.39, 0.29) is 0 Å². The molecule has 0 N–H and O–H groups in total. The summed E-state index contributed by atoms with van der Waals surface area (Å²) in [7, 11) is -1.45. The fourth-order valence-electron chi connectivity index (χ4n) is 3.46. The first-order valence-electron chi connectivity index (χ1n) is 9.42. The van der Waals surface area contributed by atoms with Crippen LogP contribution in [-0.4, -0.2) is 40.6 Å². The molecule has 6 nitrogen and oxygen atoms in total. The SMILES string of the molecule is CCCCc1ccc(S(=O)(=O)N2CCC(Cc3nncn3C)CC2)cc1. The summed E-state index contributed by atoms with van der Waals surface area (Å²) in [5.41, 5.74) is 1.20. The van der Waals surface area contributed by atoms with Crippen LogP contribution in [0.1, 0.15) is 44.0 Å². The highest BCUT2D eigenvalue weighted by Gasteiger charge is 2.29. The molecule has 2 aromatic rings. The lowest BCUT2D eigenvalue weighted by molar-refractivity contribution is 0.269. The van der Waals surface area contributed by atoms with Gasteiger partial charge in [-0.2, -0.15) is 4.31 Å². The number of unbranched alkanes of at least 4 members (excludes halogenated alkanes) is 1. The lowest BCUT2D eigenvalue weighted by Gasteiger charge is -2.31. The van der Waals surface area contributed by atoms with Gasteiger partial charge in [0.25, 0.3) is 0 Å². The number of sulfonamides is 1. The molecule has 142 valence electrons. The second kappa shape index (κ2) is 8.31. The third kappa shape index (κ3) is 4.32. The summed E-state index contributed by atoms with van der Waals surface area (Å²) in [5, 5.41) is 8.05. The van der Waals surface area contributed by atoms with Gasteiger partial charge in [-0.25, -0.2) is 8.42 Å². The lowest BCUT2D eigenvalue weighted by Crippen LogP contribution is -2.39. The van der Waals surface area contributed by atoms with Crippen LogP contribution < -0.4 is 0 Å². The highest BCUT2D eigenvalue weighted by molar-refractivity contribution is 7.89. The number of nitrogens with zero attached hydrogens (tertiary/aromatic N) is 4. The normalized spacial score (nSPS) is 16.8. The maximum Gasteiger partial charge on any atom is 0.243 e. The van der Waals surface area contributed by atoms with Gasteiger partial charge in [0, 0.05) is 26.6 Å². The van der Waals surface area contributed by atoms with Gasteiger partial charge < -0.3 is 4.57 Å². The molecule has 7 heteroatoms. The van der Waals surface area contributed by atoms with Crippen molar-refractivity contribution in [2.24, 2.45) is 13.0 Å². The van der Waals surface area contributed by atoms with Crippen LogP contribution in [0.5, 0.6) is 0 Å². The summed E-state index contributed by atoms with van der Waals surface area (Å²) in [6.07, 6.45) is 7.57. The highest BCUT2D eigenvalue weighted by atomic mass is 32.2. The van der Waals surface area contributed by atoms with Crippen LogP contribution in [0.15, 0.2) is 35.5 Å². The standard InChI is InChI=1S/C19H28N4O2S/c1-3-4-5-16-6-8-18(9-7-16)26(24,25)23-12-10-17(11-13-23)14-19-21-20-15-22(19)2/h6-9,15,17H,3-5,10-14H2,1-2H3. The molecule has 0 unspecified atom stereocenters. The van der Waals surface area contributed by atoms with E-state index in [0.29, 0.717) is 23.9 Å². The van der Waals surface area contributed by atoms with Crippen LogP contribution in [-0.2, 0) is 29.9 Å². The van der Waals surface area contributed by atoms with Crippen molar-refractivity contribution in [2.45, 2.75) is 50.3 Å². The molecule has 1 saturated heterocycles. The molecule has 1 aliphatic heterocycles. The number of hydrogen-bond acceptors (Lipinski definition) is 4. The van der Waals surface area contributed by atoms with Crippen molar-refractivity contribution in [1.29, 1.82) is 0 Å². The van der Waals surface area contributed by atoms with E-state index in [1.807, 2.05) is 23.7 Å². The van der Waals surface area contributed by atoms with Crippen molar-refractivity contribution in [1.82, 2.24) is 19.1 Å².